The quantitative estimate of drug-likeness (QED) is 0.756. The molecule has 1 fully saturated rings. The highest BCUT2D eigenvalue weighted by Gasteiger charge is 2.28. The number of piperazine rings is 1. The number of nitrogens with zero attached hydrogens (tertiary/aromatic N) is 2. The molecule has 0 saturated carbocycles. The third-order valence-electron chi connectivity index (χ3n) is 3.64. The summed E-state index contributed by atoms with van der Waals surface area (Å²) in [7, 11) is 0. The van der Waals surface area contributed by atoms with Gasteiger partial charge >= 0.3 is 0 Å². The molecule has 1 saturated heterocycles. The maximum Gasteiger partial charge on any atom is 0.253 e. The van der Waals surface area contributed by atoms with E-state index in [2.05, 4.69) is 0 Å². The SMILES string of the molecule is NC(=O)CC(N)C(=O)N1CCN(C(=O)c2ccccc2)CC1. The number of nitrogens with two attached hydrogens (primary N) is 2. The van der Waals surface area contributed by atoms with Gasteiger partial charge in [0.05, 0.1) is 12.5 Å². The summed E-state index contributed by atoms with van der Waals surface area (Å²) in [5.74, 6) is -0.946. The Hall–Kier alpha value is -2.41. The summed E-state index contributed by atoms with van der Waals surface area (Å²) in [5, 5.41) is 0. The summed E-state index contributed by atoms with van der Waals surface area (Å²) in [6, 6.07) is 8.11. The van der Waals surface area contributed by atoms with Crippen LogP contribution < -0.4 is 11.5 Å². The van der Waals surface area contributed by atoms with Crippen LogP contribution in [0.4, 0.5) is 0 Å². The van der Waals surface area contributed by atoms with E-state index in [1.165, 1.54) is 0 Å². The molecule has 0 spiro atoms. The van der Waals surface area contributed by atoms with Gasteiger partial charge in [0.25, 0.3) is 5.91 Å². The molecule has 0 bridgehead atoms. The molecule has 1 atom stereocenters. The van der Waals surface area contributed by atoms with Crippen molar-refractivity contribution >= 4 is 17.7 Å². The Kier molecular flexibility index (Phi) is 5.11. The predicted octanol–water partition coefficient (Wildman–Crippen LogP) is -0.826. The monoisotopic (exact) mass is 304 g/mol. The number of carbonyl (C=O) groups is 3. The molecule has 1 heterocycles. The second kappa shape index (κ2) is 7.04. The Bertz CT molecular complexity index is 553. The van der Waals surface area contributed by atoms with E-state index in [1.54, 1.807) is 21.9 Å². The third kappa shape index (κ3) is 3.82. The first kappa shape index (κ1) is 16.0. The van der Waals surface area contributed by atoms with E-state index in [0.717, 1.165) is 0 Å². The second-order valence-corrected chi connectivity index (χ2v) is 5.26. The fourth-order valence-electron chi connectivity index (χ4n) is 2.43. The van der Waals surface area contributed by atoms with Crippen LogP contribution in [0, 0.1) is 0 Å². The summed E-state index contributed by atoms with van der Waals surface area (Å²) in [6.45, 7) is 1.71. The van der Waals surface area contributed by atoms with E-state index in [0.29, 0.717) is 31.7 Å². The van der Waals surface area contributed by atoms with Gasteiger partial charge in [0.1, 0.15) is 0 Å². The van der Waals surface area contributed by atoms with Crippen LogP contribution in [-0.2, 0) is 9.59 Å². The van der Waals surface area contributed by atoms with Crippen molar-refractivity contribution in [2.24, 2.45) is 11.5 Å². The molecule has 1 aromatic carbocycles. The first-order valence-electron chi connectivity index (χ1n) is 7.16. The average molecular weight is 304 g/mol. The van der Waals surface area contributed by atoms with E-state index >= 15 is 0 Å². The number of rotatable bonds is 4. The van der Waals surface area contributed by atoms with Crippen molar-refractivity contribution in [1.82, 2.24) is 9.80 Å². The van der Waals surface area contributed by atoms with Crippen LogP contribution in [0.15, 0.2) is 30.3 Å². The fourth-order valence-corrected chi connectivity index (χ4v) is 2.43. The zero-order valence-electron chi connectivity index (χ0n) is 12.3. The predicted molar refractivity (Wildman–Crippen MR) is 80.7 cm³/mol. The number of carbonyl (C=O) groups excluding carboxylic acids is 3. The Morgan fingerprint density at radius 2 is 1.55 bits per heavy atom. The molecule has 4 N–H and O–H groups in total. The molecule has 1 aliphatic rings. The molecule has 2 rings (SSSR count). The molecule has 0 aliphatic carbocycles. The molecule has 1 aliphatic heterocycles. The molecular weight excluding hydrogens is 284 g/mol. The van der Waals surface area contributed by atoms with Crippen LogP contribution in [0.1, 0.15) is 16.8 Å². The smallest absolute Gasteiger partial charge is 0.253 e. The molecular formula is C15H20N4O3. The second-order valence-electron chi connectivity index (χ2n) is 5.26. The first-order valence-corrected chi connectivity index (χ1v) is 7.16. The van der Waals surface area contributed by atoms with Gasteiger partial charge in [-0.1, -0.05) is 18.2 Å². The van der Waals surface area contributed by atoms with Crippen molar-refractivity contribution in [3.05, 3.63) is 35.9 Å². The van der Waals surface area contributed by atoms with Crippen LogP contribution in [0.25, 0.3) is 0 Å². The van der Waals surface area contributed by atoms with Crippen LogP contribution in [0.2, 0.25) is 0 Å². The largest absolute Gasteiger partial charge is 0.370 e. The van der Waals surface area contributed by atoms with Gasteiger partial charge in [-0.3, -0.25) is 14.4 Å². The molecule has 1 aromatic rings. The van der Waals surface area contributed by atoms with E-state index in [9.17, 15) is 14.4 Å². The topological polar surface area (TPSA) is 110 Å². The average Bonchev–Trinajstić information content (AvgIpc) is 2.54. The standard InChI is InChI=1S/C15H20N4O3/c16-12(10-13(17)20)15(22)19-8-6-18(7-9-19)14(21)11-4-2-1-3-5-11/h1-5,12H,6-10,16H2,(H2,17,20). The minimum atomic E-state index is -0.908. The molecule has 3 amide bonds. The molecule has 22 heavy (non-hydrogen) atoms. The third-order valence-corrected chi connectivity index (χ3v) is 3.64. The minimum absolute atomic E-state index is 0.0471. The van der Waals surface area contributed by atoms with E-state index < -0.39 is 11.9 Å². The lowest BCUT2D eigenvalue weighted by Gasteiger charge is -2.35. The zero-order chi connectivity index (χ0) is 16.1. The number of hydrogen-bond acceptors (Lipinski definition) is 4. The minimum Gasteiger partial charge on any atom is -0.370 e. The normalized spacial score (nSPS) is 16.2. The van der Waals surface area contributed by atoms with Gasteiger partial charge in [0, 0.05) is 31.7 Å². The number of amides is 3. The maximum atomic E-state index is 12.3. The molecule has 7 heteroatoms. The highest BCUT2D eigenvalue weighted by molar-refractivity contribution is 5.94. The van der Waals surface area contributed by atoms with Gasteiger partial charge in [-0.2, -0.15) is 0 Å². The van der Waals surface area contributed by atoms with Gasteiger partial charge in [-0.25, -0.2) is 0 Å². The van der Waals surface area contributed by atoms with Gasteiger partial charge in [-0.05, 0) is 12.1 Å². The van der Waals surface area contributed by atoms with Crippen LogP contribution >= 0.6 is 0 Å². The summed E-state index contributed by atoms with van der Waals surface area (Å²) < 4.78 is 0. The Morgan fingerprint density at radius 1 is 1.00 bits per heavy atom. The summed E-state index contributed by atoms with van der Waals surface area (Å²) in [6.07, 6.45) is -0.165. The molecule has 7 nitrogen and oxygen atoms in total. The van der Waals surface area contributed by atoms with E-state index in [4.69, 9.17) is 11.5 Å². The maximum absolute atomic E-state index is 12.3. The highest BCUT2D eigenvalue weighted by Crippen LogP contribution is 2.10. The van der Waals surface area contributed by atoms with Crippen molar-refractivity contribution < 1.29 is 14.4 Å². The van der Waals surface area contributed by atoms with Crippen molar-refractivity contribution in [2.75, 3.05) is 26.2 Å². The Morgan fingerprint density at radius 3 is 2.09 bits per heavy atom. The number of benzene rings is 1. The lowest BCUT2D eigenvalue weighted by molar-refractivity contribution is -0.135. The van der Waals surface area contributed by atoms with Crippen molar-refractivity contribution in [3.63, 3.8) is 0 Å². The fraction of sp³-hybridized carbons (Fsp3) is 0.400. The van der Waals surface area contributed by atoms with Crippen LogP contribution in [0.5, 0.6) is 0 Å². The number of hydrogen-bond donors (Lipinski definition) is 2. The van der Waals surface area contributed by atoms with Crippen molar-refractivity contribution in [1.29, 1.82) is 0 Å². The Balaban J connectivity index is 1.89. The molecule has 1 unspecified atom stereocenters. The van der Waals surface area contributed by atoms with Crippen molar-refractivity contribution in [2.45, 2.75) is 12.5 Å². The Labute approximate surface area is 128 Å². The van der Waals surface area contributed by atoms with Crippen LogP contribution in [0.3, 0.4) is 0 Å². The summed E-state index contributed by atoms with van der Waals surface area (Å²) >= 11 is 0. The summed E-state index contributed by atoms with van der Waals surface area (Å²) in [4.78, 5) is 38.5. The van der Waals surface area contributed by atoms with E-state index in [1.807, 2.05) is 18.2 Å². The highest BCUT2D eigenvalue weighted by atomic mass is 16.2. The van der Waals surface area contributed by atoms with Gasteiger partial charge in [0.2, 0.25) is 11.8 Å². The number of primary amides is 1. The van der Waals surface area contributed by atoms with Gasteiger partial charge in [-0.15, -0.1) is 0 Å². The first-order chi connectivity index (χ1) is 10.5. The van der Waals surface area contributed by atoms with E-state index in [-0.39, 0.29) is 18.2 Å². The van der Waals surface area contributed by atoms with Crippen LogP contribution in [-0.4, -0.2) is 59.7 Å². The lowest BCUT2D eigenvalue weighted by Crippen LogP contribution is -2.54. The van der Waals surface area contributed by atoms with Gasteiger partial charge in [0.15, 0.2) is 0 Å². The molecule has 118 valence electrons. The zero-order valence-corrected chi connectivity index (χ0v) is 12.3. The van der Waals surface area contributed by atoms with Gasteiger partial charge < -0.3 is 21.3 Å². The summed E-state index contributed by atoms with van der Waals surface area (Å²) in [5.41, 5.74) is 11.3. The lowest BCUT2D eigenvalue weighted by atomic mass is 10.1. The molecule has 0 radical (unpaired) electrons. The molecule has 0 aromatic heterocycles. The van der Waals surface area contributed by atoms with Crippen molar-refractivity contribution in [3.8, 4) is 0 Å².